The smallest absolute Gasteiger partial charge is 0.265 e. The minimum absolute atomic E-state index is 0.416. The van der Waals surface area contributed by atoms with Crippen LogP contribution in [0.2, 0.25) is 0 Å². The molecule has 0 saturated carbocycles. The fourth-order valence-corrected chi connectivity index (χ4v) is 1.43. The Hall–Kier alpha value is -1.14. The van der Waals surface area contributed by atoms with Crippen molar-refractivity contribution in [1.82, 2.24) is 15.5 Å². The fraction of sp³-hybridized carbons (Fsp3) is 0.778. The number of nitrogens with zero attached hydrogens (tertiary/aromatic N) is 3. The van der Waals surface area contributed by atoms with Gasteiger partial charge in [-0.25, -0.2) is 0 Å². The molecule has 84 valence electrons. The molecule has 1 saturated heterocycles. The van der Waals surface area contributed by atoms with Gasteiger partial charge in [-0.15, -0.1) is 0 Å². The predicted molar refractivity (Wildman–Crippen MR) is 54.7 cm³/mol. The van der Waals surface area contributed by atoms with Gasteiger partial charge in [0.25, 0.3) is 5.95 Å². The van der Waals surface area contributed by atoms with Gasteiger partial charge < -0.3 is 19.5 Å². The quantitative estimate of drug-likeness (QED) is 0.758. The minimum atomic E-state index is 0.416. The second kappa shape index (κ2) is 4.59. The summed E-state index contributed by atoms with van der Waals surface area (Å²) in [7, 11) is 3.76. The number of nitrogens with one attached hydrogen (secondary N) is 1. The van der Waals surface area contributed by atoms with Crippen LogP contribution in [-0.2, 0) is 11.3 Å². The van der Waals surface area contributed by atoms with E-state index < -0.39 is 0 Å². The van der Waals surface area contributed by atoms with Gasteiger partial charge in [-0.2, -0.15) is 4.98 Å². The van der Waals surface area contributed by atoms with Crippen molar-refractivity contribution in [2.75, 3.05) is 32.2 Å². The SMILES string of the molecule is CN(C)c1noc(CN[C@@H]2CCOC2)n1. The maximum Gasteiger partial charge on any atom is 0.265 e. The summed E-state index contributed by atoms with van der Waals surface area (Å²) in [5.74, 6) is 1.22. The van der Waals surface area contributed by atoms with E-state index in [4.69, 9.17) is 9.26 Å². The molecule has 1 aliphatic heterocycles. The van der Waals surface area contributed by atoms with E-state index in [1.807, 2.05) is 19.0 Å². The first-order valence-corrected chi connectivity index (χ1v) is 5.07. The van der Waals surface area contributed by atoms with Crippen molar-refractivity contribution in [1.29, 1.82) is 0 Å². The molecular weight excluding hydrogens is 196 g/mol. The van der Waals surface area contributed by atoms with Gasteiger partial charge in [0.05, 0.1) is 13.2 Å². The average Bonchev–Trinajstić information content (AvgIpc) is 2.86. The molecule has 0 aliphatic carbocycles. The molecule has 2 rings (SSSR count). The van der Waals surface area contributed by atoms with Gasteiger partial charge in [-0.3, -0.25) is 0 Å². The average molecular weight is 212 g/mol. The van der Waals surface area contributed by atoms with Crippen molar-refractivity contribution in [2.45, 2.75) is 19.0 Å². The summed E-state index contributed by atoms with van der Waals surface area (Å²) in [5.41, 5.74) is 0. The van der Waals surface area contributed by atoms with E-state index in [9.17, 15) is 0 Å². The summed E-state index contributed by atoms with van der Waals surface area (Å²) in [6, 6.07) is 0.416. The van der Waals surface area contributed by atoms with Crippen LogP contribution >= 0.6 is 0 Å². The Kier molecular flexibility index (Phi) is 3.17. The Balaban J connectivity index is 1.82. The van der Waals surface area contributed by atoms with E-state index in [0.717, 1.165) is 19.6 Å². The standard InChI is InChI=1S/C9H16N4O2/c1-13(2)9-11-8(15-12-9)5-10-7-3-4-14-6-7/h7,10H,3-6H2,1-2H3/t7-/m1/s1. The summed E-state index contributed by atoms with van der Waals surface area (Å²) in [6.07, 6.45) is 1.05. The highest BCUT2D eigenvalue weighted by Gasteiger charge is 2.16. The predicted octanol–water partition coefficient (Wildman–Crippen LogP) is 0.0141. The molecule has 1 aliphatic rings. The molecule has 1 atom stereocenters. The third kappa shape index (κ3) is 2.66. The Morgan fingerprint density at radius 1 is 1.53 bits per heavy atom. The third-order valence-electron chi connectivity index (χ3n) is 2.33. The zero-order chi connectivity index (χ0) is 10.7. The highest BCUT2D eigenvalue weighted by atomic mass is 16.5. The van der Waals surface area contributed by atoms with E-state index in [1.165, 1.54) is 0 Å². The lowest BCUT2D eigenvalue weighted by molar-refractivity contribution is 0.189. The summed E-state index contributed by atoms with van der Waals surface area (Å²) in [6.45, 7) is 2.22. The van der Waals surface area contributed by atoms with Crippen LogP contribution in [0.25, 0.3) is 0 Å². The number of aromatic nitrogens is 2. The van der Waals surface area contributed by atoms with Gasteiger partial charge in [-0.05, 0) is 11.6 Å². The Morgan fingerprint density at radius 3 is 3.00 bits per heavy atom. The molecule has 2 heterocycles. The molecule has 1 aromatic rings. The van der Waals surface area contributed by atoms with Crippen LogP contribution in [-0.4, -0.2) is 43.5 Å². The Bertz CT molecular complexity index is 307. The van der Waals surface area contributed by atoms with Gasteiger partial charge >= 0.3 is 0 Å². The molecule has 0 aromatic carbocycles. The van der Waals surface area contributed by atoms with Crippen LogP contribution in [0.1, 0.15) is 12.3 Å². The first-order valence-electron chi connectivity index (χ1n) is 5.07. The highest BCUT2D eigenvalue weighted by molar-refractivity contribution is 5.23. The number of hydrogen-bond acceptors (Lipinski definition) is 6. The molecule has 1 fully saturated rings. The molecule has 0 unspecified atom stereocenters. The first-order chi connectivity index (χ1) is 7.25. The maximum atomic E-state index is 5.25. The molecule has 6 heteroatoms. The van der Waals surface area contributed by atoms with Crippen LogP contribution < -0.4 is 10.2 Å². The van der Waals surface area contributed by atoms with Crippen molar-refractivity contribution in [3.05, 3.63) is 5.89 Å². The lowest BCUT2D eigenvalue weighted by Gasteiger charge is -2.06. The second-order valence-electron chi connectivity index (χ2n) is 3.82. The molecule has 0 radical (unpaired) electrons. The van der Waals surface area contributed by atoms with Crippen molar-refractivity contribution in [3.63, 3.8) is 0 Å². The zero-order valence-corrected chi connectivity index (χ0v) is 9.06. The van der Waals surface area contributed by atoms with E-state index in [2.05, 4.69) is 15.5 Å². The molecule has 0 spiro atoms. The molecule has 0 amide bonds. The normalized spacial score (nSPS) is 20.8. The molecule has 15 heavy (non-hydrogen) atoms. The molecular formula is C9H16N4O2. The van der Waals surface area contributed by atoms with E-state index >= 15 is 0 Å². The number of rotatable bonds is 4. The third-order valence-corrected chi connectivity index (χ3v) is 2.33. The lowest BCUT2D eigenvalue weighted by atomic mass is 10.3. The van der Waals surface area contributed by atoms with Gasteiger partial charge in [-0.1, -0.05) is 0 Å². The summed E-state index contributed by atoms with van der Waals surface area (Å²) in [5, 5.41) is 7.14. The number of ether oxygens (including phenoxy) is 1. The second-order valence-corrected chi connectivity index (χ2v) is 3.82. The van der Waals surface area contributed by atoms with Crippen molar-refractivity contribution in [2.24, 2.45) is 0 Å². The Labute approximate surface area is 88.6 Å². The summed E-state index contributed by atoms with van der Waals surface area (Å²) < 4.78 is 10.3. The van der Waals surface area contributed by atoms with Crippen LogP contribution in [0, 0.1) is 0 Å². The van der Waals surface area contributed by atoms with Crippen LogP contribution in [0.15, 0.2) is 4.52 Å². The summed E-state index contributed by atoms with van der Waals surface area (Å²) >= 11 is 0. The minimum Gasteiger partial charge on any atom is -0.380 e. The maximum absolute atomic E-state index is 5.25. The number of hydrogen-bond donors (Lipinski definition) is 1. The van der Waals surface area contributed by atoms with Crippen molar-refractivity contribution < 1.29 is 9.26 Å². The van der Waals surface area contributed by atoms with Gasteiger partial charge in [0.2, 0.25) is 5.89 Å². The topological polar surface area (TPSA) is 63.4 Å². The first kappa shape index (κ1) is 10.4. The monoisotopic (exact) mass is 212 g/mol. The van der Waals surface area contributed by atoms with Crippen molar-refractivity contribution >= 4 is 5.95 Å². The van der Waals surface area contributed by atoms with Crippen molar-refractivity contribution in [3.8, 4) is 0 Å². The van der Waals surface area contributed by atoms with E-state index in [-0.39, 0.29) is 0 Å². The fourth-order valence-electron chi connectivity index (χ4n) is 1.43. The lowest BCUT2D eigenvalue weighted by Crippen LogP contribution is -2.28. The van der Waals surface area contributed by atoms with Crippen LogP contribution in [0.3, 0.4) is 0 Å². The zero-order valence-electron chi connectivity index (χ0n) is 9.06. The van der Waals surface area contributed by atoms with Crippen LogP contribution in [0.5, 0.6) is 0 Å². The van der Waals surface area contributed by atoms with Gasteiger partial charge in [0.1, 0.15) is 0 Å². The summed E-state index contributed by atoms with van der Waals surface area (Å²) in [4.78, 5) is 6.03. The molecule has 1 aromatic heterocycles. The van der Waals surface area contributed by atoms with Crippen LogP contribution in [0.4, 0.5) is 5.95 Å². The van der Waals surface area contributed by atoms with Gasteiger partial charge in [0.15, 0.2) is 0 Å². The number of anilines is 1. The van der Waals surface area contributed by atoms with Gasteiger partial charge in [0, 0.05) is 26.7 Å². The van der Waals surface area contributed by atoms with E-state index in [0.29, 0.717) is 24.4 Å². The molecule has 0 bridgehead atoms. The Morgan fingerprint density at radius 2 is 2.40 bits per heavy atom. The molecule has 1 N–H and O–H groups in total. The largest absolute Gasteiger partial charge is 0.380 e. The highest BCUT2D eigenvalue weighted by Crippen LogP contribution is 2.07. The van der Waals surface area contributed by atoms with E-state index in [1.54, 1.807) is 0 Å². The molecule has 6 nitrogen and oxygen atoms in total.